The Morgan fingerprint density at radius 1 is 0.625 bits per heavy atom. The fourth-order valence-corrected chi connectivity index (χ4v) is 6.63. The molecule has 9 heteroatoms. The molecule has 0 saturated carbocycles. The van der Waals surface area contributed by atoms with Crippen LogP contribution < -0.4 is 5.32 Å². The summed E-state index contributed by atoms with van der Waals surface area (Å²) >= 11 is 0. The fraction of sp³-hybridized carbons (Fsp3) is 0.974. The van der Waals surface area contributed by atoms with E-state index in [9.17, 15) is 30.3 Å². The maximum Gasteiger partial charge on any atom is 0.220 e. The van der Waals surface area contributed by atoms with Crippen LogP contribution in [0.2, 0.25) is 0 Å². The third kappa shape index (κ3) is 22.1. The Hall–Kier alpha value is -0.810. The summed E-state index contributed by atoms with van der Waals surface area (Å²) in [6.07, 6.45) is 23.9. The van der Waals surface area contributed by atoms with Gasteiger partial charge in [-0.3, -0.25) is 4.79 Å². The summed E-state index contributed by atoms with van der Waals surface area (Å²) in [5, 5.41) is 54.1. The standard InChI is InChI=1S/C39H77NO8/c1-3-5-7-9-11-13-15-17-19-21-23-25-27-29-35(43)40-32(31-47-39-38(46)37(45)36(44)34(30-41)48-39)33(42)28-26-24-22-20-18-16-14-12-10-8-6-4-2/h32-34,36-39,41-42,44-46H,3-31H2,1-2H3,(H,40,43)/t32-,33+,34-,36-,37?,38?,39-/m0/s1. The molecule has 48 heavy (non-hydrogen) atoms. The molecule has 1 saturated heterocycles. The van der Waals surface area contributed by atoms with Crippen molar-refractivity contribution >= 4 is 5.91 Å². The first kappa shape index (κ1) is 45.2. The molecular weight excluding hydrogens is 610 g/mol. The summed E-state index contributed by atoms with van der Waals surface area (Å²) in [5.41, 5.74) is 0. The predicted octanol–water partition coefficient (Wildman–Crippen LogP) is 7.22. The van der Waals surface area contributed by atoms with Crippen LogP contribution in [0.3, 0.4) is 0 Å². The fourth-order valence-electron chi connectivity index (χ4n) is 6.63. The van der Waals surface area contributed by atoms with E-state index in [0.29, 0.717) is 12.8 Å². The van der Waals surface area contributed by atoms with Gasteiger partial charge in [-0.1, -0.05) is 168 Å². The molecule has 1 heterocycles. The maximum atomic E-state index is 12.9. The molecule has 0 radical (unpaired) electrons. The van der Waals surface area contributed by atoms with Crippen LogP contribution in [0.25, 0.3) is 0 Å². The number of carbonyl (C=O) groups is 1. The van der Waals surface area contributed by atoms with Crippen LogP contribution in [0, 0.1) is 0 Å². The lowest BCUT2D eigenvalue weighted by molar-refractivity contribution is -0.302. The molecule has 1 rings (SSSR count). The van der Waals surface area contributed by atoms with Crippen LogP contribution in [0.15, 0.2) is 0 Å². The van der Waals surface area contributed by atoms with Gasteiger partial charge in [-0.15, -0.1) is 0 Å². The minimum atomic E-state index is -1.55. The topological polar surface area (TPSA) is 149 Å². The Labute approximate surface area is 294 Å². The number of amides is 1. The Balaban J connectivity index is 2.39. The molecule has 1 amide bonds. The molecule has 1 aliphatic heterocycles. The highest BCUT2D eigenvalue weighted by molar-refractivity contribution is 5.76. The predicted molar refractivity (Wildman–Crippen MR) is 194 cm³/mol. The lowest BCUT2D eigenvalue weighted by atomic mass is 9.99. The molecule has 1 aliphatic rings. The van der Waals surface area contributed by atoms with Crippen LogP contribution in [-0.2, 0) is 14.3 Å². The number of unbranched alkanes of at least 4 members (excludes halogenated alkanes) is 23. The normalized spacial score (nSPS) is 22.5. The summed E-state index contributed by atoms with van der Waals surface area (Å²) in [6, 6.07) is -0.709. The summed E-state index contributed by atoms with van der Waals surface area (Å²) in [7, 11) is 0. The zero-order valence-corrected chi connectivity index (χ0v) is 31.0. The molecule has 7 atom stereocenters. The van der Waals surface area contributed by atoms with Gasteiger partial charge in [0.2, 0.25) is 5.91 Å². The van der Waals surface area contributed by atoms with Crippen molar-refractivity contribution in [1.82, 2.24) is 5.32 Å². The van der Waals surface area contributed by atoms with Crippen molar-refractivity contribution in [2.75, 3.05) is 13.2 Å². The highest BCUT2D eigenvalue weighted by Gasteiger charge is 2.44. The summed E-state index contributed by atoms with van der Waals surface area (Å²) in [5.74, 6) is -0.144. The second kappa shape index (κ2) is 31.0. The van der Waals surface area contributed by atoms with Crippen LogP contribution >= 0.6 is 0 Å². The molecule has 0 aromatic heterocycles. The Bertz CT molecular complexity index is 726. The largest absolute Gasteiger partial charge is 0.394 e. The first-order valence-corrected chi connectivity index (χ1v) is 20.2. The number of ether oxygens (including phenoxy) is 2. The van der Waals surface area contributed by atoms with Gasteiger partial charge in [0.1, 0.15) is 24.4 Å². The molecule has 0 spiro atoms. The minimum Gasteiger partial charge on any atom is -0.394 e. The highest BCUT2D eigenvalue weighted by atomic mass is 16.7. The van der Waals surface area contributed by atoms with Gasteiger partial charge >= 0.3 is 0 Å². The van der Waals surface area contributed by atoms with E-state index in [4.69, 9.17) is 9.47 Å². The number of carbonyl (C=O) groups excluding carboxylic acids is 1. The van der Waals surface area contributed by atoms with E-state index >= 15 is 0 Å². The molecule has 0 aromatic rings. The molecule has 0 aliphatic carbocycles. The lowest BCUT2D eigenvalue weighted by Crippen LogP contribution is -2.60. The van der Waals surface area contributed by atoms with E-state index in [-0.39, 0.29) is 12.5 Å². The first-order valence-electron chi connectivity index (χ1n) is 20.2. The Kier molecular flexibility index (Phi) is 29.2. The molecule has 1 fully saturated rings. The van der Waals surface area contributed by atoms with Gasteiger partial charge in [0, 0.05) is 6.42 Å². The van der Waals surface area contributed by atoms with Gasteiger partial charge in [-0.05, 0) is 12.8 Å². The minimum absolute atomic E-state index is 0.132. The number of aliphatic hydroxyl groups is 5. The maximum absolute atomic E-state index is 12.9. The van der Waals surface area contributed by atoms with E-state index < -0.39 is 49.5 Å². The molecule has 0 aromatic carbocycles. The molecule has 6 N–H and O–H groups in total. The average molecular weight is 688 g/mol. The third-order valence-electron chi connectivity index (χ3n) is 9.96. The number of hydrogen-bond acceptors (Lipinski definition) is 8. The van der Waals surface area contributed by atoms with Crippen LogP contribution in [-0.4, -0.2) is 87.5 Å². The monoisotopic (exact) mass is 688 g/mol. The Morgan fingerprint density at radius 2 is 1.04 bits per heavy atom. The summed E-state index contributed by atoms with van der Waals surface area (Å²) in [4.78, 5) is 12.9. The van der Waals surface area contributed by atoms with E-state index in [1.165, 1.54) is 122 Å². The number of hydrogen-bond donors (Lipinski definition) is 6. The molecular formula is C39H77NO8. The lowest BCUT2D eigenvalue weighted by Gasteiger charge is -2.40. The molecule has 286 valence electrons. The molecule has 0 bridgehead atoms. The van der Waals surface area contributed by atoms with E-state index in [1.807, 2.05) is 0 Å². The first-order chi connectivity index (χ1) is 23.3. The van der Waals surface area contributed by atoms with Crippen molar-refractivity contribution in [2.24, 2.45) is 0 Å². The van der Waals surface area contributed by atoms with Gasteiger partial charge in [-0.25, -0.2) is 0 Å². The smallest absolute Gasteiger partial charge is 0.220 e. The van der Waals surface area contributed by atoms with Crippen LogP contribution in [0.1, 0.15) is 187 Å². The van der Waals surface area contributed by atoms with Crippen LogP contribution in [0.4, 0.5) is 0 Å². The number of rotatable bonds is 33. The SMILES string of the molecule is CCCCCCCCCCCCCCCC(=O)N[C@@H](CO[C@H]1O[C@@H](CO)[C@H](O)C(O)C1O)[C@H](O)CCCCCCCCCCCCCC. The van der Waals surface area contributed by atoms with Crippen molar-refractivity contribution in [3.8, 4) is 0 Å². The number of aliphatic hydroxyl groups excluding tert-OH is 5. The van der Waals surface area contributed by atoms with E-state index in [1.54, 1.807) is 0 Å². The van der Waals surface area contributed by atoms with Gasteiger partial charge in [0.15, 0.2) is 6.29 Å². The van der Waals surface area contributed by atoms with Crippen molar-refractivity contribution in [3.63, 3.8) is 0 Å². The zero-order chi connectivity index (χ0) is 35.2. The van der Waals surface area contributed by atoms with Crippen molar-refractivity contribution in [3.05, 3.63) is 0 Å². The van der Waals surface area contributed by atoms with Gasteiger partial charge < -0.3 is 40.3 Å². The van der Waals surface area contributed by atoms with Gasteiger partial charge in [0.05, 0.1) is 25.4 Å². The summed E-state index contributed by atoms with van der Waals surface area (Å²) < 4.78 is 11.2. The average Bonchev–Trinajstić information content (AvgIpc) is 3.08. The third-order valence-corrected chi connectivity index (χ3v) is 9.96. The van der Waals surface area contributed by atoms with Crippen molar-refractivity contribution in [2.45, 2.75) is 230 Å². The van der Waals surface area contributed by atoms with E-state index in [0.717, 1.165) is 38.5 Å². The van der Waals surface area contributed by atoms with Gasteiger partial charge in [0.25, 0.3) is 0 Å². The van der Waals surface area contributed by atoms with Crippen molar-refractivity contribution in [1.29, 1.82) is 0 Å². The summed E-state index contributed by atoms with van der Waals surface area (Å²) in [6.45, 7) is 3.81. The molecule has 9 nitrogen and oxygen atoms in total. The van der Waals surface area contributed by atoms with Crippen molar-refractivity contribution < 1.29 is 39.8 Å². The highest BCUT2D eigenvalue weighted by Crippen LogP contribution is 2.23. The second-order valence-corrected chi connectivity index (χ2v) is 14.4. The van der Waals surface area contributed by atoms with Gasteiger partial charge in [-0.2, -0.15) is 0 Å². The number of nitrogens with one attached hydrogen (secondary N) is 1. The zero-order valence-electron chi connectivity index (χ0n) is 31.0. The van der Waals surface area contributed by atoms with Crippen LogP contribution in [0.5, 0.6) is 0 Å². The second-order valence-electron chi connectivity index (χ2n) is 14.4. The Morgan fingerprint density at radius 3 is 1.48 bits per heavy atom. The molecule has 2 unspecified atom stereocenters. The quantitative estimate of drug-likeness (QED) is 0.0396. The van der Waals surface area contributed by atoms with E-state index in [2.05, 4.69) is 19.2 Å².